The number of ether oxygens (including phenoxy) is 1. The quantitative estimate of drug-likeness (QED) is 0.843. The van der Waals surface area contributed by atoms with Crippen molar-refractivity contribution in [1.82, 2.24) is 9.88 Å². The van der Waals surface area contributed by atoms with E-state index in [4.69, 9.17) is 4.74 Å². The van der Waals surface area contributed by atoms with Gasteiger partial charge in [0, 0.05) is 18.0 Å². The molecule has 112 valence electrons. The van der Waals surface area contributed by atoms with Crippen molar-refractivity contribution in [3.63, 3.8) is 0 Å². The zero-order valence-electron chi connectivity index (χ0n) is 11.9. The minimum Gasteiger partial charge on any atom is -0.461 e. The van der Waals surface area contributed by atoms with Crippen LogP contribution >= 0.6 is 11.3 Å². The number of likely N-dealkylation sites (tertiary alicyclic amines) is 1. The lowest BCUT2D eigenvalue weighted by molar-refractivity contribution is 0.0525. The Kier molecular flexibility index (Phi) is 5.94. The van der Waals surface area contributed by atoms with Crippen molar-refractivity contribution in [2.45, 2.75) is 45.2 Å². The fourth-order valence-electron chi connectivity index (χ4n) is 2.53. The molecule has 1 aliphatic rings. The Morgan fingerprint density at radius 3 is 3.15 bits per heavy atom. The van der Waals surface area contributed by atoms with E-state index in [-0.39, 0.29) is 18.6 Å². The summed E-state index contributed by atoms with van der Waals surface area (Å²) in [7, 11) is 0. The summed E-state index contributed by atoms with van der Waals surface area (Å²) in [6, 6.07) is 0.213. The van der Waals surface area contributed by atoms with Crippen LogP contribution in [-0.2, 0) is 11.3 Å². The third-order valence-electron chi connectivity index (χ3n) is 3.58. The van der Waals surface area contributed by atoms with Crippen LogP contribution < -0.4 is 0 Å². The molecule has 0 saturated carbocycles. The lowest BCUT2D eigenvalue weighted by Gasteiger charge is -2.27. The molecule has 0 bridgehead atoms. The Morgan fingerprint density at radius 2 is 2.40 bits per heavy atom. The molecule has 0 amide bonds. The van der Waals surface area contributed by atoms with Gasteiger partial charge in [-0.2, -0.15) is 0 Å². The van der Waals surface area contributed by atoms with Crippen LogP contribution in [0.1, 0.15) is 48.1 Å². The molecular formula is C14H22N2O3S. The third kappa shape index (κ3) is 4.01. The minimum atomic E-state index is -0.349. The Morgan fingerprint density at radius 1 is 1.55 bits per heavy atom. The molecule has 1 atom stereocenters. The van der Waals surface area contributed by atoms with Crippen LogP contribution in [0.4, 0.5) is 0 Å². The van der Waals surface area contributed by atoms with E-state index in [9.17, 15) is 9.90 Å². The van der Waals surface area contributed by atoms with Gasteiger partial charge in [0.1, 0.15) is 0 Å². The lowest BCUT2D eigenvalue weighted by atomic mass is 10.1. The molecule has 1 aliphatic heterocycles. The Hall–Kier alpha value is -0.980. The first kappa shape index (κ1) is 15.4. The zero-order valence-corrected chi connectivity index (χ0v) is 12.7. The summed E-state index contributed by atoms with van der Waals surface area (Å²) in [5, 5.41) is 11.8. The van der Waals surface area contributed by atoms with E-state index >= 15 is 0 Å². The highest BCUT2D eigenvalue weighted by Gasteiger charge is 2.22. The topological polar surface area (TPSA) is 62.7 Å². The van der Waals surface area contributed by atoms with Crippen LogP contribution in [0.25, 0.3) is 0 Å². The summed E-state index contributed by atoms with van der Waals surface area (Å²) < 4.78 is 4.95. The fourth-order valence-corrected chi connectivity index (χ4v) is 3.23. The number of aromatic nitrogens is 1. The molecule has 1 saturated heterocycles. The summed E-state index contributed by atoms with van der Waals surface area (Å²) in [4.78, 5) is 18.2. The number of hydrogen-bond donors (Lipinski definition) is 1. The first-order valence-electron chi connectivity index (χ1n) is 7.21. The highest BCUT2D eigenvalue weighted by atomic mass is 32.1. The molecule has 20 heavy (non-hydrogen) atoms. The molecule has 2 rings (SSSR count). The van der Waals surface area contributed by atoms with Crippen LogP contribution in [-0.4, -0.2) is 46.8 Å². The number of carbonyl (C=O) groups excluding carboxylic acids is 1. The number of rotatable bonds is 5. The predicted molar refractivity (Wildman–Crippen MR) is 77.8 cm³/mol. The largest absolute Gasteiger partial charge is 0.461 e. The number of aliphatic hydroxyl groups excluding tert-OH is 1. The SMILES string of the molecule is CCOC(=O)c1nc(CN2CCCCCC2CO)cs1. The van der Waals surface area contributed by atoms with E-state index in [1.54, 1.807) is 6.92 Å². The Labute approximate surface area is 123 Å². The van der Waals surface area contributed by atoms with Gasteiger partial charge in [0.25, 0.3) is 0 Å². The molecular weight excluding hydrogens is 276 g/mol. The average Bonchev–Trinajstić information content (AvgIpc) is 2.79. The third-order valence-corrected chi connectivity index (χ3v) is 4.45. The molecule has 0 radical (unpaired) electrons. The predicted octanol–water partition coefficient (Wildman–Crippen LogP) is 2.06. The Balaban J connectivity index is 1.99. The van der Waals surface area contributed by atoms with Gasteiger partial charge in [0.05, 0.1) is 18.9 Å². The molecule has 0 spiro atoms. The first-order chi connectivity index (χ1) is 9.74. The van der Waals surface area contributed by atoms with Crippen molar-refractivity contribution in [1.29, 1.82) is 0 Å². The number of carbonyl (C=O) groups is 1. The van der Waals surface area contributed by atoms with Crippen LogP contribution in [0.5, 0.6) is 0 Å². The average molecular weight is 298 g/mol. The van der Waals surface area contributed by atoms with E-state index in [0.717, 1.165) is 25.1 Å². The second-order valence-electron chi connectivity index (χ2n) is 5.02. The van der Waals surface area contributed by atoms with Gasteiger partial charge >= 0.3 is 5.97 Å². The van der Waals surface area contributed by atoms with Gasteiger partial charge < -0.3 is 9.84 Å². The zero-order chi connectivity index (χ0) is 14.4. The van der Waals surface area contributed by atoms with Gasteiger partial charge in [0.2, 0.25) is 5.01 Å². The van der Waals surface area contributed by atoms with Crippen LogP contribution in [0, 0.1) is 0 Å². The number of esters is 1. The van der Waals surface area contributed by atoms with E-state index in [1.807, 2.05) is 5.38 Å². The summed E-state index contributed by atoms with van der Waals surface area (Å²) in [5.74, 6) is -0.349. The Bertz CT molecular complexity index is 436. The standard InChI is InChI=1S/C14H22N2O3S/c1-2-19-14(18)13-15-11(10-20-13)8-16-7-5-3-4-6-12(16)9-17/h10,12,17H,2-9H2,1H3. The van der Waals surface area contributed by atoms with Gasteiger partial charge in [0.15, 0.2) is 0 Å². The van der Waals surface area contributed by atoms with Gasteiger partial charge in [-0.05, 0) is 26.3 Å². The van der Waals surface area contributed by atoms with Crippen LogP contribution in [0.3, 0.4) is 0 Å². The smallest absolute Gasteiger partial charge is 0.367 e. The maximum absolute atomic E-state index is 11.6. The maximum atomic E-state index is 11.6. The number of nitrogens with zero attached hydrogens (tertiary/aromatic N) is 2. The highest BCUT2D eigenvalue weighted by molar-refractivity contribution is 7.11. The van der Waals surface area contributed by atoms with Crippen molar-refractivity contribution in [2.24, 2.45) is 0 Å². The number of aliphatic hydroxyl groups is 1. The monoisotopic (exact) mass is 298 g/mol. The van der Waals surface area contributed by atoms with Crippen LogP contribution in [0.2, 0.25) is 0 Å². The summed E-state index contributed by atoms with van der Waals surface area (Å²) in [6.07, 6.45) is 4.59. The molecule has 5 nitrogen and oxygen atoms in total. The van der Waals surface area contributed by atoms with Crippen molar-refractivity contribution in [3.05, 3.63) is 16.1 Å². The summed E-state index contributed by atoms with van der Waals surface area (Å²) >= 11 is 1.33. The van der Waals surface area contributed by atoms with E-state index in [1.165, 1.54) is 24.2 Å². The molecule has 2 heterocycles. The van der Waals surface area contributed by atoms with Gasteiger partial charge in [-0.3, -0.25) is 4.90 Å². The number of hydrogen-bond acceptors (Lipinski definition) is 6. The molecule has 1 N–H and O–H groups in total. The fraction of sp³-hybridized carbons (Fsp3) is 0.714. The van der Waals surface area contributed by atoms with Gasteiger partial charge in [-0.15, -0.1) is 11.3 Å². The van der Waals surface area contributed by atoms with Crippen molar-refractivity contribution >= 4 is 17.3 Å². The van der Waals surface area contributed by atoms with E-state index in [2.05, 4.69) is 9.88 Å². The van der Waals surface area contributed by atoms with E-state index in [0.29, 0.717) is 18.2 Å². The summed E-state index contributed by atoms with van der Waals surface area (Å²) in [6.45, 7) is 4.02. The second kappa shape index (κ2) is 7.71. The minimum absolute atomic E-state index is 0.189. The number of thiazole rings is 1. The molecule has 6 heteroatoms. The van der Waals surface area contributed by atoms with Gasteiger partial charge in [-0.25, -0.2) is 9.78 Å². The molecule has 1 aromatic heterocycles. The summed E-state index contributed by atoms with van der Waals surface area (Å²) in [5.41, 5.74) is 0.887. The molecule has 1 unspecified atom stereocenters. The van der Waals surface area contributed by atoms with Crippen molar-refractivity contribution in [2.75, 3.05) is 19.8 Å². The second-order valence-corrected chi connectivity index (χ2v) is 5.88. The molecule has 1 fully saturated rings. The normalized spacial score (nSPS) is 20.6. The molecule has 0 aromatic carbocycles. The van der Waals surface area contributed by atoms with E-state index < -0.39 is 0 Å². The molecule has 0 aliphatic carbocycles. The van der Waals surface area contributed by atoms with Crippen molar-refractivity contribution < 1.29 is 14.6 Å². The van der Waals surface area contributed by atoms with Crippen molar-refractivity contribution in [3.8, 4) is 0 Å². The maximum Gasteiger partial charge on any atom is 0.367 e. The highest BCUT2D eigenvalue weighted by Crippen LogP contribution is 2.20. The first-order valence-corrected chi connectivity index (χ1v) is 8.09. The van der Waals surface area contributed by atoms with Crippen LogP contribution in [0.15, 0.2) is 5.38 Å². The molecule has 1 aromatic rings. The lowest BCUT2D eigenvalue weighted by Crippen LogP contribution is -2.37. The van der Waals surface area contributed by atoms with Gasteiger partial charge in [-0.1, -0.05) is 12.8 Å².